The Kier molecular flexibility index (Phi) is 4.92. The molecule has 0 atom stereocenters. The molecule has 0 bridgehead atoms. The van der Waals surface area contributed by atoms with Gasteiger partial charge in [-0.25, -0.2) is 12.8 Å². The van der Waals surface area contributed by atoms with Crippen molar-refractivity contribution in [3.05, 3.63) is 29.6 Å². The first-order chi connectivity index (χ1) is 8.69. The molecule has 0 fully saturated rings. The first kappa shape index (κ1) is 15.9. The van der Waals surface area contributed by atoms with Gasteiger partial charge >= 0.3 is 0 Å². The van der Waals surface area contributed by atoms with Crippen LogP contribution in [0.1, 0.15) is 26.3 Å². The quantitative estimate of drug-likeness (QED) is 0.898. The summed E-state index contributed by atoms with van der Waals surface area (Å²) in [6.45, 7) is 4.91. The zero-order chi connectivity index (χ0) is 14.7. The number of benzene rings is 1. The Morgan fingerprint density at radius 2 is 1.95 bits per heavy atom. The van der Waals surface area contributed by atoms with Crippen LogP contribution in [-0.4, -0.2) is 25.5 Å². The molecule has 0 heterocycles. The monoisotopic (exact) mass is 289 g/mol. The fraction of sp³-hybridized carbons (Fsp3) is 0.538. The van der Waals surface area contributed by atoms with Gasteiger partial charge in [0.2, 0.25) is 0 Å². The zero-order valence-electron chi connectivity index (χ0n) is 11.4. The molecular formula is C13H20FNO3S. The number of hydrogen-bond acceptors (Lipinski definition) is 4. The van der Waals surface area contributed by atoms with Gasteiger partial charge < -0.3 is 10.5 Å². The molecule has 19 heavy (non-hydrogen) atoms. The molecule has 0 amide bonds. The van der Waals surface area contributed by atoms with E-state index < -0.39 is 20.4 Å². The number of sulfone groups is 1. The Morgan fingerprint density at radius 3 is 2.47 bits per heavy atom. The van der Waals surface area contributed by atoms with Gasteiger partial charge in [-0.15, -0.1) is 0 Å². The molecule has 1 aromatic rings. The molecule has 4 nitrogen and oxygen atoms in total. The van der Waals surface area contributed by atoms with E-state index in [0.29, 0.717) is 5.56 Å². The molecule has 0 aliphatic rings. The number of halogens is 1. The van der Waals surface area contributed by atoms with Gasteiger partial charge in [0, 0.05) is 12.1 Å². The number of hydrogen-bond donors (Lipinski definition) is 1. The minimum Gasteiger partial charge on any atom is -0.489 e. The van der Waals surface area contributed by atoms with Crippen LogP contribution in [0.4, 0.5) is 4.39 Å². The first-order valence-electron chi connectivity index (χ1n) is 6.01. The summed E-state index contributed by atoms with van der Waals surface area (Å²) in [7, 11) is -3.28. The molecule has 0 saturated carbocycles. The van der Waals surface area contributed by atoms with Gasteiger partial charge in [0.15, 0.2) is 21.4 Å². The van der Waals surface area contributed by atoms with E-state index in [-0.39, 0.29) is 24.7 Å². The second-order valence-electron chi connectivity index (χ2n) is 5.21. The summed E-state index contributed by atoms with van der Waals surface area (Å²) in [4.78, 5) is 0. The zero-order valence-corrected chi connectivity index (χ0v) is 12.3. The molecule has 1 aromatic carbocycles. The SMILES string of the molecule is CC(C)(C)S(=O)(=O)CCOc1c(F)cccc1CN. The third-order valence-corrected chi connectivity index (χ3v) is 5.37. The summed E-state index contributed by atoms with van der Waals surface area (Å²) < 4.78 is 41.7. The van der Waals surface area contributed by atoms with Crippen molar-refractivity contribution in [2.24, 2.45) is 5.73 Å². The van der Waals surface area contributed by atoms with Crippen LogP contribution in [0.2, 0.25) is 0 Å². The molecule has 6 heteroatoms. The molecule has 0 unspecified atom stereocenters. The van der Waals surface area contributed by atoms with Crippen LogP contribution < -0.4 is 10.5 Å². The summed E-state index contributed by atoms with van der Waals surface area (Å²) in [6, 6.07) is 4.44. The van der Waals surface area contributed by atoms with E-state index in [0.717, 1.165) is 0 Å². The number of para-hydroxylation sites is 1. The average Bonchev–Trinajstić information content (AvgIpc) is 2.29. The van der Waals surface area contributed by atoms with Crippen molar-refractivity contribution < 1.29 is 17.5 Å². The second-order valence-corrected chi connectivity index (χ2v) is 8.07. The molecular weight excluding hydrogens is 269 g/mol. The molecule has 0 spiro atoms. The van der Waals surface area contributed by atoms with Crippen molar-refractivity contribution >= 4 is 9.84 Å². The van der Waals surface area contributed by atoms with Gasteiger partial charge in [0.1, 0.15) is 6.61 Å². The summed E-state index contributed by atoms with van der Waals surface area (Å²) >= 11 is 0. The molecule has 2 N–H and O–H groups in total. The standard InChI is InChI=1S/C13H20FNO3S/c1-13(2,3)19(16,17)8-7-18-12-10(9-15)5-4-6-11(12)14/h4-6H,7-9,15H2,1-3H3. The lowest BCUT2D eigenvalue weighted by molar-refractivity contribution is 0.317. The highest BCUT2D eigenvalue weighted by Gasteiger charge is 2.28. The largest absolute Gasteiger partial charge is 0.489 e. The van der Waals surface area contributed by atoms with Gasteiger partial charge in [0.25, 0.3) is 0 Å². The second kappa shape index (κ2) is 5.88. The van der Waals surface area contributed by atoms with E-state index in [1.165, 1.54) is 12.1 Å². The van der Waals surface area contributed by atoms with E-state index in [2.05, 4.69) is 0 Å². The Morgan fingerprint density at radius 1 is 1.32 bits per heavy atom. The van der Waals surface area contributed by atoms with Crippen molar-refractivity contribution in [2.75, 3.05) is 12.4 Å². The van der Waals surface area contributed by atoms with E-state index in [4.69, 9.17) is 10.5 Å². The van der Waals surface area contributed by atoms with Crippen LogP contribution in [0.25, 0.3) is 0 Å². The summed E-state index contributed by atoms with van der Waals surface area (Å²) in [5.74, 6) is -0.653. The predicted molar refractivity (Wildman–Crippen MR) is 73.3 cm³/mol. The molecule has 0 aliphatic carbocycles. The van der Waals surface area contributed by atoms with E-state index in [1.54, 1.807) is 26.8 Å². The van der Waals surface area contributed by atoms with Crippen molar-refractivity contribution in [1.82, 2.24) is 0 Å². The lowest BCUT2D eigenvalue weighted by Gasteiger charge is -2.19. The van der Waals surface area contributed by atoms with Crippen molar-refractivity contribution in [2.45, 2.75) is 32.1 Å². The lowest BCUT2D eigenvalue weighted by Crippen LogP contribution is -2.32. The van der Waals surface area contributed by atoms with Gasteiger partial charge in [-0.05, 0) is 26.8 Å². The normalized spacial score (nSPS) is 12.5. The van der Waals surface area contributed by atoms with Crippen LogP contribution in [0.15, 0.2) is 18.2 Å². The van der Waals surface area contributed by atoms with Gasteiger partial charge in [-0.2, -0.15) is 0 Å². The van der Waals surface area contributed by atoms with Gasteiger partial charge in [-0.3, -0.25) is 0 Å². The summed E-state index contributed by atoms with van der Waals surface area (Å²) in [5.41, 5.74) is 6.00. The maximum absolute atomic E-state index is 13.6. The molecule has 0 aromatic heterocycles. The highest BCUT2D eigenvalue weighted by molar-refractivity contribution is 7.92. The molecule has 108 valence electrons. The third-order valence-electron chi connectivity index (χ3n) is 2.80. The highest BCUT2D eigenvalue weighted by atomic mass is 32.2. The van der Waals surface area contributed by atoms with Gasteiger partial charge in [-0.1, -0.05) is 12.1 Å². The van der Waals surface area contributed by atoms with E-state index in [1.807, 2.05) is 0 Å². The Balaban J connectivity index is 2.75. The maximum atomic E-state index is 13.6. The summed E-state index contributed by atoms with van der Waals surface area (Å²) in [5, 5.41) is 0. The van der Waals surface area contributed by atoms with Crippen molar-refractivity contribution in [3.63, 3.8) is 0 Å². The van der Waals surface area contributed by atoms with Gasteiger partial charge in [0.05, 0.1) is 10.5 Å². The van der Waals surface area contributed by atoms with Crippen molar-refractivity contribution in [1.29, 1.82) is 0 Å². The van der Waals surface area contributed by atoms with Crippen LogP contribution in [0.5, 0.6) is 5.75 Å². The fourth-order valence-corrected chi connectivity index (χ4v) is 2.35. The summed E-state index contributed by atoms with van der Waals surface area (Å²) in [6.07, 6.45) is 0. The molecule has 0 aliphatic heterocycles. The number of ether oxygens (including phenoxy) is 1. The predicted octanol–water partition coefficient (Wildman–Crippen LogP) is 1.88. The average molecular weight is 289 g/mol. The first-order valence-corrected chi connectivity index (χ1v) is 7.67. The Hall–Kier alpha value is -1.14. The maximum Gasteiger partial charge on any atom is 0.165 e. The molecule has 0 saturated heterocycles. The molecule has 1 rings (SSSR count). The minimum atomic E-state index is -3.28. The van der Waals surface area contributed by atoms with Crippen LogP contribution in [0.3, 0.4) is 0 Å². The Labute approximate surface area is 113 Å². The lowest BCUT2D eigenvalue weighted by atomic mass is 10.2. The number of rotatable bonds is 5. The minimum absolute atomic E-state index is 0.0362. The fourth-order valence-electron chi connectivity index (χ4n) is 1.44. The van der Waals surface area contributed by atoms with Crippen LogP contribution in [0, 0.1) is 5.82 Å². The Bertz CT molecular complexity index is 535. The third kappa shape index (κ3) is 3.91. The van der Waals surface area contributed by atoms with E-state index in [9.17, 15) is 12.8 Å². The van der Waals surface area contributed by atoms with E-state index >= 15 is 0 Å². The van der Waals surface area contributed by atoms with Crippen LogP contribution in [-0.2, 0) is 16.4 Å². The highest BCUT2D eigenvalue weighted by Crippen LogP contribution is 2.23. The van der Waals surface area contributed by atoms with Crippen molar-refractivity contribution in [3.8, 4) is 5.75 Å². The number of nitrogens with two attached hydrogens (primary N) is 1. The smallest absolute Gasteiger partial charge is 0.165 e. The molecule has 0 radical (unpaired) electrons. The van der Waals surface area contributed by atoms with Crippen LogP contribution >= 0.6 is 0 Å². The topological polar surface area (TPSA) is 69.4 Å².